The maximum Gasteiger partial charge on any atom is 0.119 e. The minimum atomic E-state index is -0.923. The van der Waals surface area contributed by atoms with Gasteiger partial charge in [0.05, 0.1) is 26.4 Å². The first-order chi connectivity index (χ1) is 9.68. The summed E-state index contributed by atoms with van der Waals surface area (Å²) in [6.45, 7) is 3.64. The van der Waals surface area contributed by atoms with Crippen LogP contribution in [0, 0.1) is 0 Å². The molecule has 0 aliphatic carbocycles. The zero-order valence-corrected chi connectivity index (χ0v) is 12.4. The van der Waals surface area contributed by atoms with E-state index in [4.69, 9.17) is 9.47 Å². The van der Waals surface area contributed by atoms with Crippen LogP contribution in [0.15, 0.2) is 47.8 Å². The SMILES string of the molecule is CC(O)(COCCOCc1ccccc1)c1cccs1. The van der Waals surface area contributed by atoms with E-state index in [2.05, 4.69) is 0 Å². The first-order valence-electron chi connectivity index (χ1n) is 6.64. The molecule has 0 aliphatic rings. The summed E-state index contributed by atoms with van der Waals surface area (Å²) >= 11 is 1.53. The summed E-state index contributed by atoms with van der Waals surface area (Å²) in [5.74, 6) is 0. The summed E-state index contributed by atoms with van der Waals surface area (Å²) in [5, 5.41) is 12.2. The third-order valence-corrected chi connectivity index (χ3v) is 4.04. The molecule has 1 N–H and O–H groups in total. The zero-order chi connectivity index (χ0) is 14.3. The topological polar surface area (TPSA) is 38.7 Å². The maximum absolute atomic E-state index is 10.3. The van der Waals surface area contributed by atoms with Gasteiger partial charge in [-0.3, -0.25) is 0 Å². The van der Waals surface area contributed by atoms with Crippen LogP contribution in [0.3, 0.4) is 0 Å². The second-order valence-electron chi connectivity index (χ2n) is 4.84. The summed E-state index contributed by atoms with van der Waals surface area (Å²) in [4.78, 5) is 0.919. The Morgan fingerprint density at radius 3 is 2.50 bits per heavy atom. The number of ether oxygens (including phenoxy) is 2. The third-order valence-electron chi connectivity index (χ3n) is 2.92. The molecule has 0 saturated heterocycles. The highest BCUT2D eigenvalue weighted by Gasteiger charge is 2.24. The van der Waals surface area contributed by atoms with E-state index in [-0.39, 0.29) is 6.61 Å². The first-order valence-corrected chi connectivity index (χ1v) is 7.52. The molecular weight excluding hydrogens is 272 g/mol. The summed E-state index contributed by atoms with van der Waals surface area (Å²) in [5.41, 5.74) is 0.228. The fourth-order valence-corrected chi connectivity index (χ4v) is 2.58. The van der Waals surface area contributed by atoms with Gasteiger partial charge in [0, 0.05) is 4.88 Å². The first kappa shape index (κ1) is 15.2. The van der Waals surface area contributed by atoms with Crippen LogP contribution in [0.4, 0.5) is 0 Å². The van der Waals surface area contributed by atoms with Gasteiger partial charge in [-0.05, 0) is 23.9 Å². The molecule has 3 nitrogen and oxygen atoms in total. The number of aliphatic hydroxyl groups is 1. The molecule has 0 spiro atoms. The molecule has 1 unspecified atom stereocenters. The van der Waals surface area contributed by atoms with Crippen molar-refractivity contribution < 1.29 is 14.6 Å². The Hall–Kier alpha value is -1.20. The van der Waals surface area contributed by atoms with Crippen molar-refractivity contribution >= 4 is 11.3 Å². The molecule has 0 fully saturated rings. The summed E-state index contributed by atoms with van der Waals surface area (Å²) in [6.07, 6.45) is 0. The Morgan fingerprint density at radius 2 is 1.80 bits per heavy atom. The fraction of sp³-hybridized carbons (Fsp3) is 0.375. The average Bonchev–Trinajstić information content (AvgIpc) is 2.99. The van der Waals surface area contributed by atoms with E-state index in [1.807, 2.05) is 47.8 Å². The Morgan fingerprint density at radius 1 is 1.05 bits per heavy atom. The predicted octanol–water partition coefficient (Wildman–Crippen LogP) is 3.19. The normalized spacial score (nSPS) is 14.1. The molecule has 1 aromatic heterocycles. The van der Waals surface area contributed by atoms with E-state index in [0.29, 0.717) is 19.8 Å². The highest BCUT2D eigenvalue weighted by molar-refractivity contribution is 7.10. The number of hydrogen-bond acceptors (Lipinski definition) is 4. The Labute approximate surface area is 123 Å². The second kappa shape index (κ2) is 7.55. The number of thiophene rings is 1. The van der Waals surface area contributed by atoms with Crippen LogP contribution in [0.5, 0.6) is 0 Å². The highest BCUT2D eigenvalue weighted by Crippen LogP contribution is 2.25. The fourth-order valence-electron chi connectivity index (χ4n) is 1.81. The van der Waals surface area contributed by atoms with Gasteiger partial charge in [-0.1, -0.05) is 36.4 Å². The van der Waals surface area contributed by atoms with Gasteiger partial charge < -0.3 is 14.6 Å². The van der Waals surface area contributed by atoms with Crippen molar-refractivity contribution in [2.24, 2.45) is 0 Å². The van der Waals surface area contributed by atoms with E-state index in [1.54, 1.807) is 6.92 Å². The molecule has 1 heterocycles. The molecule has 0 radical (unpaired) electrons. The van der Waals surface area contributed by atoms with E-state index in [1.165, 1.54) is 11.3 Å². The van der Waals surface area contributed by atoms with E-state index < -0.39 is 5.60 Å². The second-order valence-corrected chi connectivity index (χ2v) is 5.79. The molecule has 0 aliphatic heterocycles. The van der Waals surface area contributed by atoms with E-state index >= 15 is 0 Å². The van der Waals surface area contributed by atoms with Gasteiger partial charge >= 0.3 is 0 Å². The van der Waals surface area contributed by atoms with Gasteiger partial charge in [0.15, 0.2) is 0 Å². The van der Waals surface area contributed by atoms with Gasteiger partial charge in [-0.15, -0.1) is 11.3 Å². The predicted molar refractivity (Wildman–Crippen MR) is 80.8 cm³/mol. The van der Waals surface area contributed by atoms with Crippen molar-refractivity contribution in [2.45, 2.75) is 19.1 Å². The highest BCUT2D eigenvalue weighted by atomic mass is 32.1. The third kappa shape index (κ3) is 4.72. The molecule has 0 bridgehead atoms. The molecule has 2 rings (SSSR count). The lowest BCUT2D eigenvalue weighted by atomic mass is 10.1. The van der Waals surface area contributed by atoms with Crippen molar-refractivity contribution in [2.75, 3.05) is 19.8 Å². The van der Waals surface area contributed by atoms with Gasteiger partial charge in [-0.25, -0.2) is 0 Å². The van der Waals surface area contributed by atoms with Gasteiger partial charge in [0.1, 0.15) is 5.60 Å². The van der Waals surface area contributed by atoms with E-state index in [9.17, 15) is 5.11 Å². The van der Waals surface area contributed by atoms with Crippen molar-refractivity contribution in [3.8, 4) is 0 Å². The summed E-state index contributed by atoms with van der Waals surface area (Å²) < 4.78 is 11.0. The number of rotatable bonds is 8. The van der Waals surface area contributed by atoms with Crippen molar-refractivity contribution in [3.63, 3.8) is 0 Å². The molecule has 2 aromatic rings. The van der Waals surface area contributed by atoms with E-state index in [0.717, 1.165) is 10.4 Å². The Bertz CT molecular complexity index is 480. The average molecular weight is 292 g/mol. The van der Waals surface area contributed by atoms with Gasteiger partial charge in [0.25, 0.3) is 0 Å². The maximum atomic E-state index is 10.3. The van der Waals surface area contributed by atoms with Gasteiger partial charge in [-0.2, -0.15) is 0 Å². The van der Waals surface area contributed by atoms with Crippen molar-refractivity contribution in [3.05, 3.63) is 58.3 Å². The number of hydrogen-bond donors (Lipinski definition) is 1. The smallest absolute Gasteiger partial charge is 0.119 e. The molecule has 1 atom stereocenters. The van der Waals surface area contributed by atoms with Crippen LogP contribution < -0.4 is 0 Å². The Kier molecular flexibility index (Phi) is 5.73. The van der Waals surface area contributed by atoms with Crippen LogP contribution >= 0.6 is 11.3 Å². The molecule has 4 heteroatoms. The van der Waals surface area contributed by atoms with Crippen LogP contribution in [-0.2, 0) is 21.7 Å². The largest absolute Gasteiger partial charge is 0.382 e. The molecule has 1 aromatic carbocycles. The minimum Gasteiger partial charge on any atom is -0.382 e. The van der Waals surface area contributed by atoms with Crippen molar-refractivity contribution in [1.29, 1.82) is 0 Å². The molecule has 0 amide bonds. The lowest BCUT2D eigenvalue weighted by Crippen LogP contribution is -2.27. The minimum absolute atomic E-state index is 0.280. The van der Waals surface area contributed by atoms with Crippen LogP contribution in [0.2, 0.25) is 0 Å². The van der Waals surface area contributed by atoms with Crippen molar-refractivity contribution in [1.82, 2.24) is 0 Å². The molecule has 20 heavy (non-hydrogen) atoms. The number of benzene rings is 1. The monoisotopic (exact) mass is 292 g/mol. The zero-order valence-electron chi connectivity index (χ0n) is 11.6. The summed E-state index contributed by atoms with van der Waals surface area (Å²) in [7, 11) is 0. The quantitative estimate of drug-likeness (QED) is 0.759. The lowest BCUT2D eigenvalue weighted by Gasteiger charge is -2.21. The van der Waals surface area contributed by atoms with Crippen LogP contribution in [-0.4, -0.2) is 24.9 Å². The Balaban J connectivity index is 1.60. The molecular formula is C16H20O3S. The van der Waals surface area contributed by atoms with Crippen LogP contribution in [0.1, 0.15) is 17.4 Å². The summed E-state index contributed by atoms with van der Waals surface area (Å²) in [6, 6.07) is 13.9. The lowest BCUT2D eigenvalue weighted by molar-refractivity contribution is -0.0508. The van der Waals surface area contributed by atoms with Gasteiger partial charge in [0.2, 0.25) is 0 Å². The van der Waals surface area contributed by atoms with Crippen LogP contribution in [0.25, 0.3) is 0 Å². The molecule has 108 valence electrons. The standard InChI is InChI=1S/C16H20O3S/c1-16(17,15-8-5-11-20-15)13-19-10-9-18-12-14-6-3-2-4-7-14/h2-8,11,17H,9-10,12-13H2,1H3. The molecule has 0 saturated carbocycles.